The molecule has 2 rings (SSSR count). The van der Waals surface area contributed by atoms with Crippen LogP contribution in [-0.2, 0) is 23.8 Å². The van der Waals surface area contributed by atoms with Gasteiger partial charge in [-0.25, -0.2) is 14.4 Å². The van der Waals surface area contributed by atoms with Gasteiger partial charge in [0.2, 0.25) is 0 Å². The number of amides is 1. The van der Waals surface area contributed by atoms with Gasteiger partial charge in [0.1, 0.15) is 17.7 Å². The third-order valence-corrected chi connectivity index (χ3v) is 4.80. The SMILES string of the molecule is CCOC(=O)C(F)(F)[C@@H](N)c1ccccc1.CCOC(=O)C(F)(F)[C@@H](NC(=O)OC(C)(C)C)c1ccccc1. The minimum Gasteiger partial charge on any atom is -0.462 e. The molecule has 0 aliphatic carbocycles. The van der Waals surface area contributed by atoms with Crippen LogP contribution in [0.3, 0.4) is 0 Å². The van der Waals surface area contributed by atoms with Gasteiger partial charge in [0.05, 0.1) is 13.2 Å². The molecule has 2 aromatic rings. The summed E-state index contributed by atoms with van der Waals surface area (Å²) < 4.78 is 69.5. The number of alkyl halides is 4. The molecular formula is C27H34F4N2O6. The monoisotopic (exact) mass is 558 g/mol. The van der Waals surface area contributed by atoms with Crippen LogP contribution >= 0.6 is 0 Å². The molecule has 0 unspecified atom stereocenters. The molecule has 2 aromatic carbocycles. The van der Waals surface area contributed by atoms with Gasteiger partial charge in [0.15, 0.2) is 0 Å². The Morgan fingerprint density at radius 1 is 0.769 bits per heavy atom. The number of alkyl carbamates (subject to hydrolysis) is 1. The standard InChI is InChI=1S/C16H21F2NO4.C11H13F2NO2/c1-5-22-13(20)16(17,18)12(11-9-7-6-8-10-11)19-14(21)23-15(2,3)4;1-2-16-10(15)11(12,13)9(14)8-6-4-3-5-7-8/h6-10,12H,5H2,1-4H3,(H,19,21);3-7,9H,2,14H2,1H3/t12-;9-/m00/s1. The zero-order chi connectivity index (χ0) is 29.9. The first-order valence-corrected chi connectivity index (χ1v) is 12.0. The van der Waals surface area contributed by atoms with Gasteiger partial charge in [-0.15, -0.1) is 0 Å². The lowest BCUT2D eigenvalue weighted by Gasteiger charge is -2.28. The predicted molar refractivity (Wildman–Crippen MR) is 135 cm³/mol. The summed E-state index contributed by atoms with van der Waals surface area (Å²) in [7, 11) is 0. The van der Waals surface area contributed by atoms with Gasteiger partial charge in [-0.2, -0.15) is 17.6 Å². The van der Waals surface area contributed by atoms with E-state index in [4.69, 9.17) is 10.5 Å². The van der Waals surface area contributed by atoms with Gasteiger partial charge < -0.3 is 25.3 Å². The van der Waals surface area contributed by atoms with E-state index in [1.54, 1.807) is 45.0 Å². The van der Waals surface area contributed by atoms with Crippen LogP contribution in [0.15, 0.2) is 60.7 Å². The number of nitrogens with two attached hydrogens (primary N) is 1. The van der Waals surface area contributed by atoms with Crippen LogP contribution in [0.4, 0.5) is 22.4 Å². The Morgan fingerprint density at radius 3 is 1.59 bits per heavy atom. The number of carbonyl (C=O) groups excluding carboxylic acids is 3. The molecule has 3 N–H and O–H groups in total. The molecule has 12 heteroatoms. The van der Waals surface area contributed by atoms with E-state index < -0.39 is 47.6 Å². The Kier molecular flexibility index (Phi) is 12.4. The molecule has 0 aliphatic heterocycles. The largest absolute Gasteiger partial charge is 0.462 e. The molecule has 0 aromatic heterocycles. The first-order chi connectivity index (χ1) is 18.1. The zero-order valence-corrected chi connectivity index (χ0v) is 22.4. The zero-order valence-electron chi connectivity index (χ0n) is 22.4. The normalized spacial score (nSPS) is 13.2. The minimum absolute atomic E-state index is 0.0661. The van der Waals surface area contributed by atoms with E-state index in [1.807, 2.05) is 0 Å². The summed E-state index contributed by atoms with van der Waals surface area (Å²) in [6.07, 6.45) is -1.05. The minimum atomic E-state index is -3.94. The molecule has 1 amide bonds. The molecule has 0 bridgehead atoms. The van der Waals surface area contributed by atoms with Gasteiger partial charge in [0, 0.05) is 0 Å². The molecular weight excluding hydrogens is 524 g/mol. The van der Waals surface area contributed by atoms with Crippen LogP contribution in [0.5, 0.6) is 0 Å². The van der Waals surface area contributed by atoms with Crippen molar-refractivity contribution < 1.29 is 46.2 Å². The predicted octanol–water partition coefficient (Wildman–Crippen LogP) is 5.34. The van der Waals surface area contributed by atoms with Gasteiger partial charge in [-0.05, 0) is 45.7 Å². The van der Waals surface area contributed by atoms with Crippen molar-refractivity contribution >= 4 is 18.0 Å². The maximum absolute atomic E-state index is 14.4. The molecule has 0 fully saturated rings. The third kappa shape index (κ3) is 10.2. The fourth-order valence-electron chi connectivity index (χ4n) is 3.02. The summed E-state index contributed by atoms with van der Waals surface area (Å²) in [6.45, 7) is 7.40. The molecule has 0 heterocycles. The van der Waals surface area contributed by atoms with E-state index in [2.05, 4.69) is 14.8 Å². The lowest BCUT2D eigenvalue weighted by molar-refractivity contribution is -0.176. The lowest BCUT2D eigenvalue weighted by atomic mass is 10.0. The number of benzene rings is 2. The average molecular weight is 559 g/mol. The third-order valence-electron chi connectivity index (χ3n) is 4.80. The number of rotatable bonds is 9. The quantitative estimate of drug-likeness (QED) is 0.243. The van der Waals surface area contributed by atoms with Crippen molar-refractivity contribution in [1.29, 1.82) is 0 Å². The van der Waals surface area contributed by atoms with Crippen molar-refractivity contribution in [1.82, 2.24) is 5.32 Å². The van der Waals surface area contributed by atoms with Gasteiger partial charge in [-0.3, -0.25) is 0 Å². The lowest BCUT2D eigenvalue weighted by Crippen LogP contribution is -2.47. The van der Waals surface area contributed by atoms with E-state index in [0.717, 1.165) is 0 Å². The van der Waals surface area contributed by atoms with Crippen LogP contribution < -0.4 is 11.1 Å². The van der Waals surface area contributed by atoms with E-state index in [1.165, 1.54) is 50.2 Å². The van der Waals surface area contributed by atoms with Crippen molar-refractivity contribution in [3.8, 4) is 0 Å². The topological polar surface area (TPSA) is 117 Å². The van der Waals surface area contributed by atoms with E-state index >= 15 is 0 Å². The number of ether oxygens (including phenoxy) is 3. The van der Waals surface area contributed by atoms with E-state index in [9.17, 15) is 31.9 Å². The molecule has 0 aliphatic rings. The number of halogens is 4. The Labute approximate surface area is 224 Å². The summed E-state index contributed by atoms with van der Waals surface area (Å²) in [6, 6.07) is 11.6. The van der Waals surface area contributed by atoms with Crippen molar-refractivity contribution in [2.45, 2.75) is 64.1 Å². The number of esters is 2. The first-order valence-electron chi connectivity index (χ1n) is 12.0. The Balaban J connectivity index is 0.000000416. The second-order valence-electron chi connectivity index (χ2n) is 9.07. The summed E-state index contributed by atoms with van der Waals surface area (Å²) in [5, 5.41) is 2.06. The number of carbonyl (C=O) groups is 3. The van der Waals surface area contributed by atoms with Crippen LogP contribution in [-0.4, -0.2) is 48.7 Å². The van der Waals surface area contributed by atoms with Crippen molar-refractivity contribution in [2.24, 2.45) is 5.73 Å². The summed E-state index contributed by atoms with van der Waals surface area (Å²) >= 11 is 0. The summed E-state index contributed by atoms with van der Waals surface area (Å²) in [4.78, 5) is 34.5. The molecule has 216 valence electrons. The first kappa shape index (κ1) is 33.4. The molecule has 0 saturated carbocycles. The van der Waals surface area contributed by atoms with Gasteiger partial charge >= 0.3 is 29.9 Å². The smallest absolute Gasteiger partial charge is 0.408 e. The highest BCUT2D eigenvalue weighted by atomic mass is 19.3. The fourth-order valence-corrected chi connectivity index (χ4v) is 3.02. The Morgan fingerprint density at radius 2 is 1.18 bits per heavy atom. The highest BCUT2D eigenvalue weighted by Gasteiger charge is 2.51. The van der Waals surface area contributed by atoms with Crippen LogP contribution in [0.2, 0.25) is 0 Å². The van der Waals surface area contributed by atoms with Gasteiger partial charge in [0.25, 0.3) is 0 Å². The van der Waals surface area contributed by atoms with E-state index in [0.29, 0.717) is 0 Å². The van der Waals surface area contributed by atoms with Crippen LogP contribution in [0.25, 0.3) is 0 Å². The Hall–Kier alpha value is -3.67. The molecule has 0 radical (unpaired) electrons. The molecule has 39 heavy (non-hydrogen) atoms. The average Bonchev–Trinajstić information content (AvgIpc) is 2.87. The highest BCUT2D eigenvalue weighted by molar-refractivity contribution is 5.80. The number of hydrogen-bond donors (Lipinski definition) is 2. The number of nitrogens with one attached hydrogen (secondary N) is 1. The maximum Gasteiger partial charge on any atom is 0.408 e. The van der Waals surface area contributed by atoms with Crippen LogP contribution in [0, 0.1) is 0 Å². The van der Waals surface area contributed by atoms with Gasteiger partial charge in [-0.1, -0.05) is 60.7 Å². The van der Waals surface area contributed by atoms with Crippen molar-refractivity contribution in [3.05, 3.63) is 71.8 Å². The fraction of sp³-hybridized carbons (Fsp3) is 0.444. The Bertz CT molecular complexity index is 1060. The van der Waals surface area contributed by atoms with E-state index in [-0.39, 0.29) is 24.3 Å². The summed E-state index contributed by atoms with van der Waals surface area (Å²) in [5.41, 5.74) is 4.76. The number of hydrogen-bond acceptors (Lipinski definition) is 7. The summed E-state index contributed by atoms with van der Waals surface area (Å²) in [5.74, 6) is -10.9. The van der Waals surface area contributed by atoms with Crippen LogP contribution in [0.1, 0.15) is 57.8 Å². The molecule has 0 spiro atoms. The second kappa shape index (κ2) is 14.5. The molecule has 0 saturated heterocycles. The molecule has 2 atom stereocenters. The maximum atomic E-state index is 14.4. The van der Waals surface area contributed by atoms with Crippen molar-refractivity contribution in [3.63, 3.8) is 0 Å². The molecule has 8 nitrogen and oxygen atoms in total. The highest BCUT2D eigenvalue weighted by Crippen LogP contribution is 2.33. The second-order valence-corrected chi connectivity index (χ2v) is 9.07. The van der Waals surface area contributed by atoms with Crippen molar-refractivity contribution in [2.75, 3.05) is 13.2 Å².